The minimum atomic E-state index is -0.733. The van der Waals surface area contributed by atoms with Gasteiger partial charge in [0.2, 0.25) is 0 Å². The molecule has 0 aromatic heterocycles. The van der Waals surface area contributed by atoms with Crippen LogP contribution in [0.15, 0.2) is 41.6 Å². The third-order valence-corrected chi connectivity index (χ3v) is 3.94. The number of ether oxygens (including phenoxy) is 2. The second-order valence-corrected chi connectivity index (χ2v) is 5.98. The number of fused-ring (bicyclic) bond motifs is 2. The molecule has 6 nitrogen and oxygen atoms in total. The van der Waals surface area contributed by atoms with Crippen molar-refractivity contribution < 1.29 is 14.3 Å². The summed E-state index contributed by atoms with van der Waals surface area (Å²) in [6, 6.07) is 5.62. The molecule has 23 heavy (non-hydrogen) atoms. The number of rotatable bonds is 2. The van der Waals surface area contributed by atoms with Crippen molar-refractivity contribution in [3.8, 4) is 17.6 Å². The molecule has 1 fully saturated rings. The molecule has 0 amide bonds. The Balaban J connectivity index is 1.91. The second kappa shape index (κ2) is 4.37. The van der Waals surface area contributed by atoms with Gasteiger partial charge in [0.15, 0.2) is 5.72 Å². The largest absolute Gasteiger partial charge is 0.495 e. The fraction of sp³-hybridized carbons (Fsp3) is 0.294. The molecule has 0 spiro atoms. The number of hydrogen-bond acceptors (Lipinski definition) is 6. The van der Waals surface area contributed by atoms with E-state index in [0.717, 1.165) is 11.3 Å². The minimum absolute atomic E-state index is 0.432. The number of allylic oxidation sites excluding steroid dienone is 2. The lowest BCUT2D eigenvalue weighted by Gasteiger charge is -2.31. The first kappa shape index (κ1) is 13.9. The van der Waals surface area contributed by atoms with Gasteiger partial charge >= 0.3 is 0 Å². The van der Waals surface area contributed by atoms with Crippen LogP contribution in [0.2, 0.25) is 0 Å². The zero-order chi connectivity index (χ0) is 16.2. The number of benzene rings is 1. The summed E-state index contributed by atoms with van der Waals surface area (Å²) in [5.41, 5.74) is 0.447. The Hall–Kier alpha value is -2.78. The average Bonchev–Trinajstić information content (AvgIpc) is 3.27. The first-order valence-corrected chi connectivity index (χ1v) is 7.25. The Morgan fingerprint density at radius 1 is 1.30 bits per heavy atom. The lowest BCUT2D eigenvalue weighted by Crippen LogP contribution is -2.39. The molecule has 1 atom stereocenters. The summed E-state index contributed by atoms with van der Waals surface area (Å²) >= 11 is 0. The molecule has 0 bridgehead atoms. The molecular weight excluding hydrogens is 294 g/mol. The van der Waals surface area contributed by atoms with Gasteiger partial charge in [-0.2, -0.15) is 5.26 Å². The Morgan fingerprint density at radius 2 is 2.13 bits per heavy atom. The van der Waals surface area contributed by atoms with Crippen LogP contribution in [0, 0.1) is 11.3 Å². The van der Waals surface area contributed by atoms with Gasteiger partial charge in [-0.05, 0) is 32.1 Å². The molecular formula is C17H15N3O3. The minimum Gasteiger partial charge on any atom is -0.495 e. The van der Waals surface area contributed by atoms with Gasteiger partial charge in [-0.15, -0.1) is 0 Å². The van der Waals surface area contributed by atoms with E-state index in [0.29, 0.717) is 17.1 Å². The van der Waals surface area contributed by atoms with E-state index in [1.54, 1.807) is 17.2 Å². The van der Waals surface area contributed by atoms with Gasteiger partial charge in [0.25, 0.3) is 5.72 Å². The van der Waals surface area contributed by atoms with Crippen molar-refractivity contribution in [2.45, 2.75) is 25.3 Å². The number of hydroxylamine groups is 2. The van der Waals surface area contributed by atoms with Crippen molar-refractivity contribution in [1.29, 1.82) is 5.26 Å². The van der Waals surface area contributed by atoms with Gasteiger partial charge < -0.3 is 9.47 Å². The van der Waals surface area contributed by atoms with E-state index >= 15 is 0 Å². The van der Waals surface area contributed by atoms with Crippen molar-refractivity contribution >= 4 is 5.71 Å². The van der Waals surface area contributed by atoms with Gasteiger partial charge in [-0.25, -0.2) is 14.9 Å². The quantitative estimate of drug-likeness (QED) is 0.785. The molecule has 6 heteroatoms. The van der Waals surface area contributed by atoms with Crippen LogP contribution in [-0.4, -0.2) is 29.3 Å². The lowest BCUT2D eigenvalue weighted by atomic mass is 9.95. The predicted molar refractivity (Wildman–Crippen MR) is 82.9 cm³/mol. The summed E-state index contributed by atoms with van der Waals surface area (Å²) in [7, 11) is 1.53. The van der Waals surface area contributed by atoms with E-state index in [4.69, 9.17) is 19.3 Å². The molecule has 116 valence electrons. The Kier molecular flexibility index (Phi) is 2.63. The van der Waals surface area contributed by atoms with Crippen molar-refractivity contribution in [2.75, 3.05) is 7.11 Å². The maximum absolute atomic E-state index is 9.35. The van der Waals surface area contributed by atoms with Crippen LogP contribution in [-0.2, 0) is 4.84 Å². The van der Waals surface area contributed by atoms with E-state index in [9.17, 15) is 5.26 Å². The fourth-order valence-corrected chi connectivity index (χ4v) is 2.90. The molecule has 0 N–H and O–H groups in total. The first-order chi connectivity index (χ1) is 11.0. The standard InChI is InChI=1S/C17H15N3O3/c1-16(2)19-15(17-6-4-5-7-20(17)23-17)12-8-11(10-18)13(21-3)9-14(12)22-16/h4-9H,1-3H3. The summed E-state index contributed by atoms with van der Waals surface area (Å²) < 4.78 is 11.2. The molecule has 4 rings (SSSR count). The molecule has 3 heterocycles. The smallest absolute Gasteiger partial charge is 0.252 e. The highest BCUT2D eigenvalue weighted by molar-refractivity contribution is 6.12. The van der Waals surface area contributed by atoms with E-state index in [-0.39, 0.29) is 0 Å². The van der Waals surface area contributed by atoms with Crippen LogP contribution in [0.4, 0.5) is 0 Å². The fourth-order valence-electron chi connectivity index (χ4n) is 2.90. The van der Waals surface area contributed by atoms with Gasteiger partial charge in [0.1, 0.15) is 23.3 Å². The van der Waals surface area contributed by atoms with Crippen LogP contribution < -0.4 is 9.47 Å². The topological polar surface area (TPSA) is 70.1 Å². The molecule has 1 unspecified atom stereocenters. The summed E-state index contributed by atoms with van der Waals surface area (Å²) in [6.07, 6.45) is 7.60. The van der Waals surface area contributed by atoms with Crippen LogP contribution in [0.3, 0.4) is 0 Å². The molecule has 0 aliphatic carbocycles. The third kappa shape index (κ3) is 1.94. The highest BCUT2D eigenvalue weighted by atomic mass is 16.9. The van der Waals surface area contributed by atoms with E-state index in [2.05, 4.69) is 6.07 Å². The number of hydrogen-bond donors (Lipinski definition) is 0. The second-order valence-electron chi connectivity index (χ2n) is 5.98. The highest BCUT2D eigenvalue weighted by Gasteiger charge is 2.59. The Bertz CT molecular complexity index is 832. The van der Waals surface area contributed by atoms with Crippen LogP contribution in [0.25, 0.3) is 0 Å². The van der Waals surface area contributed by atoms with Crippen molar-refractivity contribution in [1.82, 2.24) is 5.06 Å². The van der Waals surface area contributed by atoms with Crippen molar-refractivity contribution in [2.24, 2.45) is 4.99 Å². The molecule has 1 aromatic carbocycles. The Labute approximate surface area is 133 Å². The first-order valence-electron chi connectivity index (χ1n) is 7.25. The molecule has 0 saturated carbocycles. The lowest BCUT2D eigenvalue weighted by molar-refractivity contribution is 0.113. The number of nitrogens with zero attached hydrogens (tertiary/aromatic N) is 3. The summed E-state index contributed by atoms with van der Waals surface area (Å²) in [4.78, 5) is 10.5. The van der Waals surface area contributed by atoms with Crippen molar-refractivity contribution in [3.05, 3.63) is 47.7 Å². The average molecular weight is 309 g/mol. The summed E-state index contributed by atoms with van der Waals surface area (Å²) in [6.45, 7) is 3.76. The van der Waals surface area contributed by atoms with Crippen molar-refractivity contribution in [3.63, 3.8) is 0 Å². The summed E-state index contributed by atoms with van der Waals surface area (Å²) in [5, 5.41) is 11.1. The van der Waals surface area contributed by atoms with Crippen LogP contribution >= 0.6 is 0 Å². The zero-order valence-electron chi connectivity index (χ0n) is 13.0. The monoisotopic (exact) mass is 309 g/mol. The normalized spacial score (nSPS) is 25.7. The Morgan fingerprint density at radius 3 is 2.83 bits per heavy atom. The molecule has 3 aliphatic rings. The summed E-state index contributed by atoms with van der Waals surface area (Å²) in [5.74, 6) is 1.11. The highest BCUT2D eigenvalue weighted by Crippen LogP contribution is 2.47. The van der Waals surface area contributed by atoms with Gasteiger partial charge in [-0.3, -0.25) is 0 Å². The maximum atomic E-state index is 9.35. The van der Waals surface area contributed by atoms with Gasteiger partial charge in [0, 0.05) is 17.8 Å². The van der Waals surface area contributed by atoms with E-state index in [1.165, 1.54) is 7.11 Å². The number of nitriles is 1. The van der Waals surface area contributed by atoms with E-state index in [1.807, 2.05) is 38.3 Å². The maximum Gasteiger partial charge on any atom is 0.252 e. The molecule has 0 radical (unpaired) electrons. The third-order valence-electron chi connectivity index (χ3n) is 3.94. The molecule has 1 aromatic rings. The zero-order valence-corrected chi connectivity index (χ0v) is 13.0. The van der Waals surface area contributed by atoms with E-state index < -0.39 is 11.4 Å². The molecule has 3 aliphatic heterocycles. The van der Waals surface area contributed by atoms with Gasteiger partial charge in [0.05, 0.1) is 12.7 Å². The molecule has 1 saturated heterocycles. The van der Waals surface area contributed by atoms with Crippen LogP contribution in [0.1, 0.15) is 25.0 Å². The number of aliphatic imine (C=N–C) groups is 1. The van der Waals surface area contributed by atoms with Gasteiger partial charge in [-0.1, -0.05) is 6.08 Å². The number of methoxy groups -OCH3 is 1. The van der Waals surface area contributed by atoms with Crippen LogP contribution in [0.5, 0.6) is 11.5 Å². The SMILES string of the molecule is COc1cc2c(cc1C#N)C(C13C=CC=CN1O3)=NC(C)(C)O2. The predicted octanol–water partition coefficient (Wildman–Crippen LogP) is 2.51.